The average molecular weight is 297 g/mol. The van der Waals surface area contributed by atoms with Gasteiger partial charge in [0.25, 0.3) is 0 Å². The van der Waals surface area contributed by atoms with Crippen molar-refractivity contribution in [1.82, 2.24) is 5.32 Å². The van der Waals surface area contributed by atoms with Crippen molar-refractivity contribution >= 4 is 11.3 Å². The predicted octanol–water partition coefficient (Wildman–Crippen LogP) is 2.23. The Morgan fingerprint density at radius 3 is 2.70 bits per heavy atom. The monoisotopic (exact) mass is 297 g/mol. The Balaban J connectivity index is 1.48. The molecule has 3 rings (SSSR count). The van der Waals surface area contributed by atoms with E-state index >= 15 is 0 Å². The highest BCUT2D eigenvalue weighted by atomic mass is 32.1. The minimum Gasteiger partial charge on any atom is -0.383 e. The van der Waals surface area contributed by atoms with E-state index < -0.39 is 5.60 Å². The molecule has 1 saturated heterocycles. The van der Waals surface area contributed by atoms with Crippen LogP contribution in [0, 0.1) is 0 Å². The Hall–Kier alpha value is -0.460. The van der Waals surface area contributed by atoms with Crippen LogP contribution in [0.3, 0.4) is 0 Å². The van der Waals surface area contributed by atoms with Gasteiger partial charge in [0.2, 0.25) is 0 Å². The molecule has 1 saturated carbocycles. The zero-order valence-electron chi connectivity index (χ0n) is 11.9. The molecule has 2 fully saturated rings. The maximum Gasteiger partial charge on any atom is 0.168 e. The molecule has 2 N–H and O–H groups in total. The number of aliphatic hydroxyl groups is 1. The van der Waals surface area contributed by atoms with E-state index in [9.17, 15) is 5.11 Å². The lowest BCUT2D eigenvalue weighted by molar-refractivity contribution is -0.179. The molecule has 0 radical (unpaired) electrons. The Labute approximate surface area is 124 Å². The molecule has 0 amide bonds. The second-order valence-electron chi connectivity index (χ2n) is 6.01. The molecule has 0 bridgehead atoms. The molecule has 1 aliphatic carbocycles. The molecule has 2 heterocycles. The molecular formula is C15H23NO3S. The lowest BCUT2D eigenvalue weighted by Gasteiger charge is -2.36. The van der Waals surface area contributed by atoms with Gasteiger partial charge in [0.1, 0.15) is 5.60 Å². The molecule has 0 unspecified atom stereocenters. The van der Waals surface area contributed by atoms with Crippen LogP contribution in [0.2, 0.25) is 0 Å². The van der Waals surface area contributed by atoms with E-state index in [-0.39, 0.29) is 5.79 Å². The van der Waals surface area contributed by atoms with Gasteiger partial charge in [-0.05, 0) is 31.2 Å². The van der Waals surface area contributed by atoms with Crippen molar-refractivity contribution in [3.8, 4) is 0 Å². The van der Waals surface area contributed by atoms with Gasteiger partial charge in [0.05, 0.1) is 13.2 Å². The minimum absolute atomic E-state index is 0.297. The van der Waals surface area contributed by atoms with Crippen LogP contribution in [0.25, 0.3) is 0 Å². The van der Waals surface area contributed by atoms with Gasteiger partial charge in [0.15, 0.2) is 5.79 Å². The summed E-state index contributed by atoms with van der Waals surface area (Å²) in [5, 5.41) is 16.0. The molecule has 1 aromatic heterocycles. The maximum atomic E-state index is 10.5. The van der Waals surface area contributed by atoms with Gasteiger partial charge in [0, 0.05) is 30.3 Å². The summed E-state index contributed by atoms with van der Waals surface area (Å²) in [7, 11) is 0. The quantitative estimate of drug-likeness (QED) is 0.895. The predicted molar refractivity (Wildman–Crippen MR) is 78.8 cm³/mol. The Morgan fingerprint density at radius 2 is 2.10 bits per heavy atom. The molecule has 112 valence electrons. The fourth-order valence-corrected chi connectivity index (χ4v) is 3.85. The van der Waals surface area contributed by atoms with Crippen molar-refractivity contribution in [1.29, 1.82) is 0 Å². The van der Waals surface area contributed by atoms with Crippen LogP contribution in [0.1, 0.15) is 37.5 Å². The lowest BCUT2D eigenvalue weighted by Crippen LogP contribution is -2.45. The van der Waals surface area contributed by atoms with Gasteiger partial charge >= 0.3 is 0 Å². The molecule has 1 spiro atoms. The molecule has 2 aliphatic rings. The third-order valence-corrected chi connectivity index (χ3v) is 5.47. The molecule has 20 heavy (non-hydrogen) atoms. The van der Waals surface area contributed by atoms with Gasteiger partial charge in [-0.1, -0.05) is 6.07 Å². The highest BCUT2D eigenvalue weighted by molar-refractivity contribution is 7.10. The van der Waals surface area contributed by atoms with Gasteiger partial charge in [-0.25, -0.2) is 0 Å². The summed E-state index contributed by atoms with van der Waals surface area (Å²) in [6, 6.07) is 4.41. The van der Waals surface area contributed by atoms with E-state index in [1.165, 1.54) is 0 Å². The summed E-state index contributed by atoms with van der Waals surface area (Å²) in [5.41, 5.74) is -0.788. The number of hydrogen-bond donors (Lipinski definition) is 2. The summed E-state index contributed by atoms with van der Waals surface area (Å²) in [5.74, 6) is -0.297. The Morgan fingerprint density at radius 1 is 1.40 bits per heavy atom. The first-order valence-electron chi connectivity index (χ1n) is 7.37. The van der Waals surface area contributed by atoms with Crippen molar-refractivity contribution in [3.63, 3.8) is 0 Å². The van der Waals surface area contributed by atoms with Crippen molar-refractivity contribution in [2.45, 2.75) is 50.0 Å². The topological polar surface area (TPSA) is 50.7 Å². The number of thiophene rings is 1. The SMILES string of the molecule is C[C@](O)(CNC1CCC2(CC1)OCCO2)c1cccs1. The fraction of sp³-hybridized carbons (Fsp3) is 0.733. The average Bonchev–Trinajstić information content (AvgIpc) is 3.10. The number of rotatable bonds is 4. The van der Waals surface area contributed by atoms with E-state index in [4.69, 9.17) is 9.47 Å². The number of hydrogen-bond acceptors (Lipinski definition) is 5. The van der Waals surface area contributed by atoms with Crippen molar-refractivity contribution in [3.05, 3.63) is 22.4 Å². The zero-order valence-corrected chi connectivity index (χ0v) is 12.7. The highest BCUT2D eigenvalue weighted by Crippen LogP contribution is 2.36. The van der Waals surface area contributed by atoms with E-state index in [0.717, 1.165) is 43.8 Å². The first kappa shape index (κ1) is 14.5. The highest BCUT2D eigenvalue weighted by Gasteiger charge is 2.40. The van der Waals surface area contributed by atoms with Gasteiger partial charge in [-0.2, -0.15) is 0 Å². The second-order valence-corrected chi connectivity index (χ2v) is 6.96. The summed E-state index contributed by atoms with van der Waals surface area (Å²) in [4.78, 5) is 1.01. The normalized spacial score (nSPS) is 25.9. The molecular weight excluding hydrogens is 274 g/mol. The van der Waals surface area contributed by atoms with E-state index in [1.807, 2.05) is 24.4 Å². The van der Waals surface area contributed by atoms with Crippen LogP contribution in [0.4, 0.5) is 0 Å². The number of nitrogens with one attached hydrogen (secondary N) is 1. The minimum atomic E-state index is -0.788. The van der Waals surface area contributed by atoms with Crippen LogP contribution >= 0.6 is 11.3 Å². The zero-order chi connectivity index (χ0) is 14.1. The largest absolute Gasteiger partial charge is 0.383 e. The lowest BCUT2D eigenvalue weighted by atomic mass is 9.89. The van der Waals surface area contributed by atoms with E-state index in [0.29, 0.717) is 12.6 Å². The Bertz CT molecular complexity index is 416. The summed E-state index contributed by atoms with van der Waals surface area (Å²) >= 11 is 1.60. The molecule has 1 aromatic rings. The second kappa shape index (κ2) is 5.73. The van der Waals surface area contributed by atoms with E-state index in [1.54, 1.807) is 11.3 Å². The maximum absolute atomic E-state index is 10.5. The van der Waals surface area contributed by atoms with Crippen LogP contribution in [-0.4, -0.2) is 36.7 Å². The summed E-state index contributed by atoms with van der Waals surface area (Å²) in [6.45, 7) is 3.92. The molecule has 4 nitrogen and oxygen atoms in total. The molecule has 0 aromatic carbocycles. The third-order valence-electron chi connectivity index (χ3n) is 4.35. The standard InChI is InChI=1S/C15H23NO3S/c1-14(17,13-3-2-10-20-13)11-16-12-4-6-15(7-5-12)18-8-9-19-15/h2-3,10,12,16-17H,4-9,11H2,1H3/t14-/m0/s1. The molecule has 1 aliphatic heterocycles. The van der Waals surface area contributed by atoms with Crippen molar-refractivity contribution in [2.75, 3.05) is 19.8 Å². The van der Waals surface area contributed by atoms with Gasteiger partial charge < -0.3 is 19.9 Å². The summed E-state index contributed by atoms with van der Waals surface area (Å²) < 4.78 is 11.5. The molecule has 1 atom stereocenters. The first-order chi connectivity index (χ1) is 9.60. The van der Waals surface area contributed by atoms with Crippen molar-refractivity contribution in [2.24, 2.45) is 0 Å². The van der Waals surface area contributed by atoms with Gasteiger partial charge in [-0.3, -0.25) is 0 Å². The molecule has 5 heteroatoms. The van der Waals surface area contributed by atoms with Crippen molar-refractivity contribution < 1.29 is 14.6 Å². The third kappa shape index (κ3) is 3.07. The van der Waals surface area contributed by atoms with Crippen LogP contribution < -0.4 is 5.32 Å². The smallest absolute Gasteiger partial charge is 0.168 e. The number of ether oxygens (including phenoxy) is 2. The van der Waals surface area contributed by atoms with Crippen LogP contribution in [-0.2, 0) is 15.1 Å². The van der Waals surface area contributed by atoms with Crippen LogP contribution in [0.5, 0.6) is 0 Å². The first-order valence-corrected chi connectivity index (χ1v) is 8.25. The van der Waals surface area contributed by atoms with Crippen LogP contribution in [0.15, 0.2) is 17.5 Å². The fourth-order valence-electron chi connectivity index (χ4n) is 3.06. The summed E-state index contributed by atoms with van der Waals surface area (Å²) in [6.07, 6.45) is 3.98. The Kier molecular flexibility index (Phi) is 4.15. The van der Waals surface area contributed by atoms with E-state index in [2.05, 4.69) is 5.32 Å². The van der Waals surface area contributed by atoms with Gasteiger partial charge in [-0.15, -0.1) is 11.3 Å².